The monoisotopic (exact) mass is 328 g/mol. The maximum Gasteiger partial charge on any atom is 2.00 e. The number of benzene rings is 1. The van der Waals surface area contributed by atoms with Crippen molar-refractivity contribution in [3.63, 3.8) is 0 Å². The number of aryl methyl sites for hydroxylation is 1. The predicted molar refractivity (Wildman–Crippen MR) is 85.6 cm³/mol. The molecule has 1 atom stereocenters. The van der Waals surface area contributed by atoms with Crippen molar-refractivity contribution in [3.05, 3.63) is 47.0 Å². The summed E-state index contributed by atoms with van der Waals surface area (Å²) in [4.78, 5) is 0. The summed E-state index contributed by atoms with van der Waals surface area (Å²) >= 11 is 0. The van der Waals surface area contributed by atoms with E-state index in [4.69, 9.17) is 5.73 Å². The number of hydrogen-bond donors (Lipinski definition) is 0. The minimum Gasteiger partial charge on any atom is -0.674 e. The van der Waals surface area contributed by atoms with Crippen LogP contribution in [-0.4, -0.2) is 6.04 Å². The Kier molecular flexibility index (Phi) is 6.21. The van der Waals surface area contributed by atoms with Gasteiger partial charge in [-0.2, -0.15) is 17.5 Å². The van der Waals surface area contributed by atoms with Crippen LogP contribution in [0.1, 0.15) is 63.0 Å². The van der Waals surface area contributed by atoms with Crippen LogP contribution in [0.4, 0.5) is 0 Å². The van der Waals surface area contributed by atoms with E-state index in [9.17, 15) is 0 Å². The Hall–Kier alpha value is -0.444. The van der Waals surface area contributed by atoms with Gasteiger partial charge in [0.05, 0.1) is 0 Å². The van der Waals surface area contributed by atoms with Crippen molar-refractivity contribution in [1.29, 1.82) is 0 Å². The van der Waals surface area contributed by atoms with E-state index < -0.39 is 0 Å². The number of hydrogen-bond acceptors (Lipinski definition) is 0. The molecule has 1 aromatic carbocycles. The Morgan fingerprint density at radius 2 is 1.81 bits per heavy atom. The van der Waals surface area contributed by atoms with Gasteiger partial charge in [0.2, 0.25) is 0 Å². The molecule has 0 unspecified atom stereocenters. The molecule has 0 aromatic heterocycles. The van der Waals surface area contributed by atoms with E-state index in [2.05, 4.69) is 31.2 Å². The van der Waals surface area contributed by atoms with E-state index in [1.54, 1.807) is 5.92 Å². The molecule has 1 radical (unpaired) electrons. The molecule has 1 N–H and O–H groups in total. The first-order valence-electron chi connectivity index (χ1n) is 8.36. The fourth-order valence-electron chi connectivity index (χ4n) is 4.21. The van der Waals surface area contributed by atoms with Gasteiger partial charge in [-0.25, -0.2) is 0 Å². The summed E-state index contributed by atoms with van der Waals surface area (Å²) in [5.41, 5.74) is 10.7. The molecule has 0 spiro atoms. The Balaban J connectivity index is 0.000000149. The summed E-state index contributed by atoms with van der Waals surface area (Å²) in [5.74, 6) is 3.29. The third kappa shape index (κ3) is 4.05. The molecule has 4 aliphatic carbocycles. The summed E-state index contributed by atoms with van der Waals surface area (Å²) in [6.07, 6.45) is 10.7. The van der Waals surface area contributed by atoms with Gasteiger partial charge < -0.3 is 5.73 Å². The van der Waals surface area contributed by atoms with Gasteiger partial charge in [-0.3, -0.25) is 0 Å². The van der Waals surface area contributed by atoms with E-state index in [1.165, 1.54) is 62.5 Å². The summed E-state index contributed by atoms with van der Waals surface area (Å²) in [6.45, 7) is 2.25. The van der Waals surface area contributed by atoms with Crippen LogP contribution in [0.5, 0.6) is 0 Å². The third-order valence-corrected chi connectivity index (χ3v) is 5.52. The zero-order valence-electron chi connectivity index (χ0n) is 13.0. The molecule has 3 saturated carbocycles. The molecule has 5 rings (SSSR count). The molecular weight excluding hydrogens is 301 g/mol. The molecular formula is C19H27CoN. The maximum atomic E-state index is 7.66. The number of rotatable bonds is 0. The first-order chi connectivity index (χ1) is 9.74. The van der Waals surface area contributed by atoms with Crippen molar-refractivity contribution in [2.45, 2.75) is 64.3 Å². The van der Waals surface area contributed by atoms with Crippen LogP contribution in [0.25, 0.3) is 5.73 Å². The third-order valence-electron chi connectivity index (χ3n) is 5.52. The standard InChI is InChI=1S/C11H13.C8H14N.Co/c1-9-5-4-7-10-6-2-3-8-11(9)10;9-8-5-6-1-3-7(8)4-2-6;/h2-3,6,8H,4-5,7H2,1H3;6-9H,1-5H2;/q2*-1;+2/t;6?,7?,8-;/m.1./s1. The number of nitrogens with one attached hydrogen (secondary N) is 1. The molecule has 1 aromatic rings. The van der Waals surface area contributed by atoms with Gasteiger partial charge in [0.15, 0.2) is 0 Å². The summed E-state index contributed by atoms with van der Waals surface area (Å²) < 4.78 is 0. The Morgan fingerprint density at radius 1 is 1.10 bits per heavy atom. The Labute approximate surface area is 140 Å². The van der Waals surface area contributed by atoms with Crippen LogP contribution in [0.2, 0.25) is 0 Å². The maximum absolute atomic E-state index is 7.66. The molecule has 2 heteroatoms. The average Bonchev–Trinajstić information content (AvgIpc) is 2.49. The van der Waals surface area contributed by atoms with Gasteiger partial charge in [0.25, 0.3) is 0 Å². The Morgan fingerprint density at radius 3 is 2.33 bits per heavy atom. The van der Waals surface area contributed by atoms with Crippen LogP contribution < -0.4 is 0 Å². The van der Waals surface area contributed by atoms with Crippen LogP contribution in [0.15, 0.2) is 24.3 Å². The number of fused-ring (bicyclic) bond motifs is 4. The molecule has 117 valence electrons. The molecule has 0 saturated heterocycles. The SMILES string of the molecule is C[C-]1CCCc2ccccc21.[Co+2].[NH-][C@@H]1CC2CCC1CC2. The first kappa shape index (κ1) is 16.9. The van der Waals surface area contributed by atoms with Gasteiger partial charge in [0.1, 0.15) is 0 Å². The zero-order valence-corrected chi connectivity index (χ0v) is 14.1. The van der Waals surface area contributed by atoms with E-state index in [0.29, 0.717) is 6.04 Å². The van der Waals surface area contributed by atoms with Gasteiger partial charge in [-0.1, -0.05) is 70.3 Å². The van der Waals surface area contributed by atoms with E-state index in [1.807, 2.05) is 0 Å². The summed E-state index contributed by atoms with van der Waals surface area (Å²) in [6, 6.07) is 9.07. The van der Waals surface area contributed by atoms with Crippen molar-refractivity contribution < 1.29 is 16.8 Å². The predicted octanol–water partition coefficient (Wildman–Crippen LogP) is 5.58. The van der Waals surface area contributed by atoms with Crippen LogP contribution in [-0.2, 0) is 23.2 Å². The van der Waals surface area contributed by atoms with E-state index in [-0.39, 0.29) is 16.8 Å². The van der Waals surface area contributed by atoms with Crippen molar-refractivity contribution in [1.82, 2.24) is 0 Å². The Bertz CT molecular complexity index is 437. The van der Waals surface area contributed by atoms with E-state index >= 15 is 0 Å². The molecule has 1 nitrogen and oxygen atoms in total. The zero-order chi connectivity index (χ0) is 13.9. The minimum atomic E-state index is 0. The van der Waals surface area contributed by atoms with Crippen molar-refractivity contribution in [2.24, 2.45) is 11.8 Å². The fourth-order valence-corrected chi connectivity index (χ4v) is 4.21. The smallest absolute Gasteiger partial charge is 0.674 e. The molecule has 0 heterocycles. The largest absolute Gasteiger partial charge is 2.00 e. The van der Waals surface area contributed by atoms with Crippen molar-refractivity contribution in [2.75, 3.05) is 0 Å². The fraction of sp³-hybridized carbons (Fsp3) is 0.632. The van der Waals surface area contributed by atoms with Crippen LogP contribution in [0.3, 0.4) is 0 Å². The molecule has 0 aliphatic heterocycles. The second-order valence-electron chi connectivity index (χ2n) is 6.91. The van der Waals surface area contributed by atoms with Gasteiger partial charge in [0, 0.05) is 0 Å². The summed E-state index contributed by atoms with van der Waals surface area (Å²) in [7, 11) is 0. The molecule has 4 aliphatic rings. The topological polar surface area (TPSA) is 23.8 Å². The molecule has 2 bridgehead atoms. The molecule has 3 fully saturated rings. The van der Waals surface area contributed by atoms with Gasteiger partial charge >= 0.3 is 16.8 Å². The second-order valence-corrected chi connectivity index (χ2v) is 6.91. The minimum absolute atomic E-state index is 0. The van der Waals surface area contributed by atoms with Gasteiger partial charge in [-0.15, -0.1) is 23.7 Å². The molecule has 21 heavy (non-hydrogen) atoms. The first-order valence-corrected chi connectivity index (χ1v) is 8.36. The van der Waals surface area contributed by atoms with E-state index in [0.717, 1.165) is 11.8 Å². The quantitative estimate of drug-likeness (QED) is 0.555. The average molecular weight is 328 g/mol. The molecule has 0 amide bonds. The summed E-state index contributed by atoms with van der Waals surface area (Å²) in [5, 5.41) is 0. The van der Waals surface area contributed by atoms with Crippen LogP contribution >= 0.6 is 0 Å². The second kappa shape index (κ2) is 7.71. The van der Waals surface area contributed by atoms with Crippen LogP contribution in [0, 0.1) is 17.8 Å². The van der Waals surface area contributed by atoms with Gasteiger partial charge in [-0.05, 0) is 5.92 Å². The van der Waals surface area contributed by atoms with Crippen molar-refractivity contribution in [3.8, 4) is 0 Å². The normalized spacial score (nSPS) is 29.8. The van der Waals surface area contributed by atoms with Crippen molar-refractivity contribution >= 4 is 0 Å².